The van der Waals surface area contributed by atoms with Gasteiger partial charge in [-0.3, -0.25) is 14.6 Å². The molecule has 1 aliphatic carbocycles. The zero-order valence-corrected chi connectivity index (χ0v) is 14.5. The molecule has 0 aromatic carbocycles. The molecule has 0 aliphatic heterocycles. The Hall–Kier alpha value is -1.95. The monoisotopic (exact) mass is 333 g/mol. The van der Waals surface area contributed by atoms with Crippen LogP contribution in [0.1, 0.15) is 44.3 Å². The highest BCUT2D eigenvalue weighted by atomic mass is 16.5. The first-order valence-corrected chi connectivity index (χ1v) is 8.53. The van der Waals surface area contributed by atoms with E-state index in [0.29, 0.717) is 18.4 Å². The Kier molecular flexibility index (Phi) is 7.18. The quantitative estimate of drug-likeness (QED) is 0.798. The van der Waals surface area contributed by atoms with Crippen molar-refractivity contribution in [3.05, 3.63) is 30.1 Å². The van der Waals surface area contributed by atoms with Gasteiger partial charge in [0.25, 0.3) is 0 Å². The van der Waals surface area contributed by atoms with E-state index in [1.807, 2.05) is 18.2 Å². The van der Waals surface area contributed by atoms with Crippen molar-refractivity contribution in [3.63, 3.8) is 0 Å². The van der Waals surface area contributed by atoms with Crippen molar-refractivity contribution in [2.45, 2.75) is 38.6 Å². The third kappa shape index (κ3) is 5.60. The summed E-state index contributed by atoms with van der Waals surface area (Å²) in [5.41, 5.74) is 0.921. The molecule has 6 nitrogen and oxygen atoms in total. The normalized spacial score (nSPS) is 21.8. The lowest BCUT2D eigenvalue weighted by atomic mass is 9.77. The van der Waals surface area contributed by atoms with Crippen molar-refractivity contribution in [2.75, 3.05) is 20.3 Å². The lowest BCUT2D eigenvalue weighted by molar-refractivity contribution is -0.125. The van der Waals surface area contributed by atoms with Gasteiger partial charge in [-0.1, -0.05) is 6.07 Å². The average Bonchev–Trinajstić information content (AvgIpc) is 2.59. The van der Waals surface area contributed by atoms with Gasteiger partial charge in [-0.2, -0.15) is 0 Å². The SMILES string of the molecule is COCC(=O)NCC1CCC([C@@H](NC(C)=O)c2ccccn2)CC1. The fraction of sp³-hybridized carbons (Fsp3) is 0.611. The first-order valence-electron chi connectivity index (χ1n) is 8.53. The predicted octanol–water partition coefficient (Wildman–Crippen LogP) is 1.83. The second-order valence-electron chi connectivity index (χ2n) is 6.45. The van der Waals surface area contributed by atoms with Crippen LogP contribution in [0.25, 0.3) is 0 Å². The second-order valence-corrected chi connectivity index (χ2v) is 6.45. The van der Waals surface area contributed by atoms with E-state index >= 15 is 0 Å². The third-order valence-corrected chi connectivity index (χ3v) is 4.59. The Morgan fingerprint density at radius 2 is 2.04 bits per heavy atom. The van der Waals surface area contributed by atoms with Gasteiger partial charge in [-0.15, -0.1) is 0 Å². The molecule has 1 atom stereocenters. The number of rotatable bonds is 7. The predicted molar refractivity (Wildman–Crippen MR) is 91.1 cm³/mol. The molecule has 2 amide bonds. The molecule has 1 saturated carbocycles. The van der Waals surface area contributed by atoms with Crippen molar-refractivity contribution >= 4 is 11.8 Å². The summed E-state index contributed by atoms with van der Waals surface area (Å²) in [6, 6.07) is 5.77. The first-order chi connectivity index (χ1) is 11.6. The summed E-state index contributed by atoms with van der Waals surface area (Å²) < 4.78 is 4.82. The van der Waals surface area contributed by atoms with Gasteiger partial charge in [0.15, 0.2) is 0 Å². The summed E-state index contributed by atoms with van der Waals surface area (Å²) in [4.78, 5) is 27.5. The summed E-state index contributed by atoms with van der Waals surface area (Å²) in [7, 11) is 1.52. The molecule has 0 bridgehead atoms. The molecule has 132 valence electrons. The number of nitrogens with one attached hydrogen (secondary N) is 2. The molecule has 1 aromatic rings. The maximum Gasteiger partial charge on any atom is 0.245 e. The number of hydrogen-bond acceptors (Lipinski definition) is 4. The van der Waals surface area contributed by atoms with Gasteiger partial charge in [-0.25, -0.2) is 0 Å². The van der Waals surface area contributed by atoms with Gasteiger partial charge >= 0.3 is 0 Å². The molecule has 24 heavy (non-hydrogen) atoms. The summed E-state index contributed by atoms with van der Waals surface area (Å²) in [5, 5.41) is 5.98. The Morgan fingerprint density at radius 1 is 1.29 bits per heavy atom. The van der Waals surface area contributed by atoms with Crippen molar-refractivity contribution < 1.29 is 14.3 Å². The number of amides is 2. The molecule has 0 radical (unpaired) electrons. The van der Waals surface area contributed by atoms with Crippen LogP contribution < -0.4 is 10.6 Å². The lowest BCUT2D eigenvalue weighted by Crippen LogP contribution is -2.37. The standard InChI is InChI=1S/C18H27N3O3/c1-13(22)21-18(16-5-3-4-10-19-16)15-8-6-14(7-9-15)11-20-17(23)12-24-2/h3-5,10,14-15,18H,6-9,11-12H2,1-2H3,(H,20,23)(H,21,22)/t14?,15?,18-/m1/s1. The van der Waals surface area contributed by atoms with Crippen LogP contribution in [0.2, 0.25) is 0 Å². The minimum atomic E-state index is -0.0655. The van der Waals surface area contributed by atoms with Gasteiger partial charge in [-0.05, 0) is 49.7 Å². The second kappa shape index (κ2) is 9.37. The molecule has 1 fully saturated rings. The van der Waals surface area contributed by atoms with Crippen LogP contribution in [-0.4, -0.2) is 37.1 Å². The fourth-order valence-electron chi connectivity index (χ4n) is 3.38. The van der Waals surface area contributed by atoms with Crippen LogP contribution in [0.3, 0.4) is 0 Å². The molecule has 0 saturated heterocycles. The Morgan fingerprint density at radius 3 is 2.62 bits per heavy atom. The van der Waals surface area contributed by atoms with E-state index in [1.54, 1.807) is 13.1 Å². The molecule has 1 aromatic heterocycles. The summed E-state index contributed by atoms with van der Waals surface area (Å²) in [5.74, 6) is 0.780. The van der Waals surface area contributed by atoms with Gasteiger partial charge < -0.3 is 15.4 Å². The van der Waals surface area contributed by atoms with E-state index in [0.717, 1.165) is 31.4 Å². The molecule has 2 rings (SSSR count). The Balaban J connectivity index is 1.88. The van der Waals surface area contributed by atoms with Gasteiger partial charge in [0.05, 0.1) is 11.7 Å². The molecule has 0 unspecified atom stereocenters. The largest absolute Gasteiger partial charge is 0.375 e. The van der Waals surface area contributed by atoms with Crippen LogP contribution in [-0.2, 0) is 14.3 Å². The molecule has 0 spiro atoms. The number of pyridine rings is 1. The van der Waals surface area contributed by atoms with E-state index < -0.39 is 0 Å². The van der Waals surface area contributed by atoms with Gasteiger partial charge in [0.1, 0.15) is 6.61 Å². The first kappa shape index (κ1) is 18.4. The topological polar surface area (TPSA) is 80.3 Å². The maximum absolute atomic E-state index is 11.6. The van der Waals surface area contributed by atoms with Crippen molar-refractivity contribution in [3.8, 4) is 0 Å². The van der Waals surface area contributed by atoms with Gasteiger partial charge in [0.2, 0.25) is 11.8 Å². The lowest BCUT2D eigenvalue weighted by Gasteiger charge is -2.34. The zero-order valence-electron chi connectivity index (χ0n) is 14.5. The number of methoxy groups -OCH3 is 1. The highest BCUT2D eigenvalue weighted by Crippen LogP contribution is 2.36. The van der Waals surface area contributed by atoms with E-state index in [4.69, 9.17) is 4.74 Å². The number of carbonyl (C=O) groups is 2. The smallest absolute Gasteiger partial charge is 0.245 e. The van der Waals surface area contributed by atoms with E-state index in [-0.39, 0.29) is 24.5 Å². The fourth-order valence-corrected chi connectivity index (χ4v) is 3.38. The number of aromatic nitrogens is 1. The molecule has 1 heterocycles. The molecular weight excluding hydrogens is 306 g/mol. The number of hydrogen-bond donors (Lipinski definition) is 2. The summed E-state index contributed by atoms with van der Waals surface area (Å²) in [6.45, 7) is 2.36. The van der Waals surface area contributed by atoms with Crippen molar-refractivity contribution in [1.82, 2.24) is 15.6 Å². The Labute approximate surface area is 143 Å². The Bertz CT molecular complexity index is 528. The number of ether oxygens (including phenoxy) is 1. The van der Waals surface area contributed by atoms with Crippen LogP contribution in [0, 0.1) is 11.8 Å². The highest BCUT2D eigenvalue weighted by Gasteiger charge is 2.30. The van der Waals surface area contributed by atoms with Crippen molar-refractivity contribution in [1.29, 1.82) is 0 Å². The van der Waals surface area contributed by atoms with Crippen LogP contribution >= 0.6 is 0 Å². The minimum absolute atomic E-state index is 0.0281. The van der Waals surface area contributed by atoms with Crippen LogP contribution in [0.15, 0.2) is 24.4 Å². The molecule has 1 aliphatic rings. The van der Waals surface area contributed by atoms with E-state index in [2.05, 4.69) is 15.6 Å². The van der Waals surface area contributed by atoms with Crippen LogP contribution in [0.5, 0.6) is 0 Å². The maximum atomic E-state index is 11.6. The summed E-state index contributed by atoms with van der Waals surface area (Å²) >= 11 is 0. The minimum Gasteiger partial charge on any atom is -0.375 e. The van der Waals surface area contributed by atoms with Crippen molar-refractivity contribution in [2.24, 2.45) is 11.8 Å². The number of nitrogens with zero attached hydrogens (tertiary/aromatic N) is 1. The van der Waals surface area contributed by atoms with E-state index in [9.17, 15) is 9.59 Å². The third-order valence-electron chi connectivity index (χ3n) is 4.59. The average molecular weight is 333 g/mol. The van der Waals surface area contributed by atoms with Gasteiger partial charge in [0, 0.05) is 26.8 Å². The number of carbonyl (C=O) groups excluding carboxylic acids is 2. The van der Waals surface area contributed by atoms with Crippen LogP contribution in [0.4, 0.5) is 0 Å². The summed E-state index contributed by atoms with van der Waals surface area (Å²) in [6.07, 6.45) is 5.89. The highest BCUT2D eigenvalue weighted by molar-refractivity contribution is 5.77. The molecule has 6 heteroatoms. The van der Waals surface area contributed by atoms with E-state index in [1.165, 1.54) is 7.11 Å². The zero-order chi connectivity index (χ0) is 17.4. The molecular formula is C18H27N3O3. The molecule has 2 N–H and O–H groups in total.